The first-order chi connectivity index (χ1) is 13.1. The number of likely N-dealkylation sites (tertiary alicyclic amines) is 1. The molecular formula is C21H34N4O2. The molecule has 2 aliphatic heterocycles. The second kappa shape index (κ2) is 10.0. The Morgan fingerprint density at radius 2 is 2.04 bits per heavy atom. The first kappa shape index (κ1) is 20.1. The molecule has 0 bridgehead atoms. The third kappa shape index (κ3) is 6.18. The molecule has 2 fully saturated rings. The summed E-state index contributed by atoms with van der Waals surface area (Å²) in [4.78, 5) is 23.9. The van der Waals surface area contributed by atoms with Gasteiger partial charge < -0.3 is 14.5 Å². The normalized spacial score (nSPS) is 21.7. The van der Waals surface area contributed by atoms with Crippen LogP contribution in [0.3, 0.4) is 0 Å². The van der Waals surface area contributed by atoms with Crippen molar-refractivity contribution in [2.45, 2.75) is 39.2 Å². The fraction of sp³-hybridized carbons (Fsp3) is 0.714. The van der Waals surface area contributed by atoms with Crippen LogP contribution in [0.4, 0.5) is 5.82 Å². The van der Waals surface area contributed by atoms with Crippen molar-refractivity contribution in [2.24, 2.45) is 5.92 Å². The number of carbonyl (C=O) groups is 1. The van der Waals surface area contributed by atoms with Gasteiger partial charge in [-0.15, -0.1) is 0 Å². The summed E-state index contributed by atoms with van der Waals surface area (Å²) in [5.74, 6) is 1.92. The van der Waals surface area contributed by atoms with E-state index < -0.39 is 0 Å². The van der Waals surface area contributed by atoms with E-state index in [1.807, 2.05) is 26.1 Å². The van der Waals surface area contributed by atoms with Gasteiger partial charge in [-0.25, -0.2) is 4.98 Å². The van der Waals surface area contributed by atoms with Gasteiger partial charge in [0.1, 0.15) is 5.82 Å². The first-order valence-corrected chi connectivity index (χ1v) is 10.4. The lowest BCUT2D eigenvalue weighted by molar-refractivity contribution is -0.134. The molecule has 0 aliphatic carbocycles. The molecule has 0 unspecified atom stereocenters. The van der Waals surface area contributed by atoms with E-state index in [1.54, 1.807) is 0 Å². The smallest absolute Gasteiger partial charge is 0.224 e. The molecule has 0 N–H and O–H groups in total. The summed E-state index contributed by atoms with van der Waals surface area (Å²) in [7, 11) is 0. The van der Waals surface area contributed by atoms with Crippen molar-refractivity contribution in [1.29, 1.82) is 0 Å². The second-order valence-corrected chi connectivity index (χ2v) is 7.99. The van der Waals surface area contributed by atoms with Crippen LogP contribution in [0, 0.1) is 5.92 Å². The zero-order valence-electron chi connectivity index (χ0n) is 16.8. The van der Waals surface area contributed by atoms with Crippen molar-refractivity contribution in [3.8, 4) is 0 Å². The number of piperazine rings is 1. The maximum absolute atomic E-state index is 12.4. The van der Waals surface area contributed by atoms with Gasteiger partial charge >= 0.3 is 0 Å². The summed E-state index contributed by atoms with van der Waals surface area (Å²) in [5.41, 5.74) is 0. The molecule has 27 heavy (non-hydrogen) atoms. The SMILES string of the molecule is CC(C)OCCC(=O)N1CCC[C@@H](CN2CCN(c3ccccn3)CC2)C1. The van der Waals surface area contributed by atoms with E-state index in [0.717, 1.165) is 58.1 Å². The van der Waals surface area contributed by atoms with Gasteiger partial charge in [-0.3, -0.25) is 9.69 Å². The standard InChI is InChI=1S/C21H34N4O2/c1-18(2)27-15-8-21(26)25-10-5-6-19(17-25)16-23-11-13-24(14-12-23)20-7-3-4-9-22-20/h3-4,7,9,18-19H,5-6,8,10-17H2,1-2H3/t19-/m0/s1. The van der Waals surface area contributed by atoms with Gasteiger partial charge in [-0.05, 0) is 44.7 Å². The van der Waals surface area contributed by atoms with Crippen LogP contribution in [-0.2, 0) is 9.53 Å². The zero-order valence-corrected chi connectivity index (χ0v) is 16.8. The van der Waals surface area contributed by atoms with E-state index in [9.17, 15) is 4.79 Å². The van der Waals surface area contributed by atoms with E-state index in [2.05, 4.69) is 31.8 Å². The number of amides is 1. The molecule has 1 aromatic rings. The summed E-state index contributed by atoms with van der Waals surface area (Å²) >= 11 is 0. The lowest BCUT2D eigenvalue weighted by atomic mass is 9.97. The number of hydrogen-bond donors (Lipinski definition) is 0. The largest absolute Gasteiger partial charge is 0.378 e. The summed E-state index contributed by atoms with van der Waals surface area (Å²) < 4.78 is 5.53. The molecule has 1 atom stereocenters. The Kier molecular flexibility index (Phi) is 7.47. The van der Waals surface area contributed by atoms with Gasteiger partial charge in [0.2, 0.25) is 5.91 Å². The minimum absolute atomic E-state index is 0.191. The summed E-state index contributed by atoms with van der Waals surface area (Å²) in [6.07, 6.45) is 4.91. The number of hydrogen-bond acceptors (Lipinski definition) is 5. The number of piperidine rings is 1. The van der Waals surface area contributed by atoms with Crippen LogP contribution in [0.15, 0.2) is 24.4 Å². The molecule has 0 spiro atoms. The highest BCUT2D eigenvalue weighted by atomic mass is 16.5. The Morgan fingerprint density at radius 1 is 1.22 bits per heavy atom. The molecule has 3 heterocycles. The molecule has 6 heteroatoms. The molecule has 1 amide bonds. The topological polar surface area (TPSA) is 48.9 Å². The quantitative estimate of drug-likeness (QED) is 0.733. The molecule has 6 nitrogen and oxygen atoms in total. The van der Waals surface area contributed by atoms with Crippen molar-refractivity contribution < 1.29 is 9.53 Å². The first-order valence-electron chi connectivity index (χ1n) is 10.4. The second-order valence-electron chi connectivity index (χ2n) is 7.99. The number of nitrogens with zero attached hydrogens (tertiary/aromatic N) is 4. The van der Waals surface area contributed by atoms with Crippen LogP contribution in [0.2, 0.25) is 0 Å². The average Bonchev–Trinajstić information content (AvgIpc) is 2.69. The summed E-state index contributed by atoms with van der Waals surface area (Å²) in [5, 5.41) is 0. The van der Waals surface area contributed by atoms with Crippen LogP contribution in [-0.4, -0.2) is 79.2 Å². The van der Waals surface area contributed by atoms with Gasteiger partial charge in [-0.1, -0.05) is 6.07 Å². The van der Waals surface area contributed by atoms with Gasteiger partial charge in [0.15, 0.2) is 0 Å². The van der Waals surface area contributed by atoms with Crippen molar-refractivity contribution in [3.05, 3.63) is 24.4 Å². The van der Waals surface area contributed by atoms with Crippen molar-refractivity contribution in [2.75, 3.05) is 57.3 Å². The maximum Gasteiger partial charge on any atom is 0.224 e. The van der Waals surface area contributed by atoms with Crippen molar-refractivity contribution in [3.63, 3.8) is 0 Å². The predicted octanol–water partition coefficient (Wildman–Crippen LogP) is 2.26. The summed E-state index contributed by atoms with van der Waals surface area (Å²) in [6.45, 7) is 11.7. The van der Waals surface area contributed by atoms with Crippen LogP contribution >= 0.6 is 0 Å². The minimum Gasteiger partial charge on any atom is -0.378 e. The fourth-order valence-corrected chi connectivity index (χ4v) is 4.05. The van der Waals surface area contributed by atoms with Crippen molar-refractivity contribution in [1.82, 2.24) is 14.8 Å². The lowest BCUT2D eigenvalue weighted by Gasteiger charge is -2.39. The van der Waals surface area contributed by atoms with Gasteiger partial charge in [0.25, 0.3) is 0 Å². The van der Waals surface area contributed by atoms with Gasteiger partial charge in [-0.2, -0.15) is 0 Å². The number of carbonyl (C=O) groups excluding carboxylic acids is 1. The predicted molar refractivity (Wildman–Crippen MR) is 108 cm³/mol. The molecule has 0 radical (unpaired) electrons. The highest BCUT2D eigenvalue weighted by Gasteiger charge is 2.26. The molecule has 0 aromatic carbocycles. The molecule has 2 saturated heterocycles. The Balaban J connectivity index is 1.40. The van der Waals surface area contributed by atoms with E-state index >= 15 is 0 Å². The highest BCUT2D eigenvalue weighted by Crippen LogP contribution is 2.20. The monoisotopic (exact) mass is 374 g/mol. The number of rotatable bonds is 7. The zero-order chi connectivity index (χ0) is 19.1. The minimum atomic E-state index is 0.191. The van der Waals surface area contributed by atoms with Crippen LogP contribution in [0.5, 0.6) is 0 Å². The van der Waals surface area contributed by atoms with Crippen LogP contribution < -0.4 is 4.90 Å². The Labute approximate surface area is 163 Å². The van der Waals surface area contributed by atoms with Gasteiger partial charge in [0.05, 0.1) is 19.1 Å². The summed E-state index contributed by atoms with van der Waals surface area (Å²) in [6, 6.07) is 6.10. The number of aromatic nitrogens is 1. The lowest BCUT2D eigenvalue weighted by Crippen LogP contribution is -2.50. The third-order valence-corrected chi connectivity index (χ3v) is 5.50. The van der Waals surface area contributed by atoms with E-state index in [0.29, 0.717) is 18.9 Å². The molecular weight excluding hydrogens is 340 g/mol. The Bertz CT molecular complexity index is 573. The fourth-order valence-electron chi connectivity index (χ4n) is 4.05. The van der Waals surface area contributed by atoms with Crippen molar-refractivity contribution >= 4 is 11.7 Å². The van der Waals surface area contributed by atoms with E-state index in [1.165, 1.54) is 6.42 Å². The molecule has 0 saturated carbocycles. The highest BCUT2D eigenvalue weighted by molar-refractivity contribution is 5.76. The molecule has 2 aliphatic rings. The Morgan fingerprint density at radius 3 is 2.74 bits per heavy atom. The third-order valence-electron chi connectivity index (χ3n) is 5.50. The average molecular weight is 375 g/mol. The Hall–Kier alpha value is -1.66. The van der Waals surface area contributed by atoms with Gasteiger partial charge in [0, 0.05) is 52.0 Å². The number of anilines is 1. The molecule has 150 valence electrons. The van der Waals surface area contributed by atoms with E-state index in [-0.39, 0.29) is 12.0 Å². The van der Waals surface area contributed by atoms with Crippen LogP contribution in [0.1, 0.15) is 33.1 Å². The molecule has 1 aromatic heterocycles. The molecule has 3 rings (SSSR count). The number of ether oxygens (including phenoxy) is 1. The maximum atomic E-state index is 12.4. The number of pyridine rings is 1. The van der Waals surface area contributed by atoms with Crippen LogP contribution in [0.25, 0.3) is 0 Å². The van der Waals surface area contributed by atoms with E-state index in [4.69, 9.17) is 4.74 Å².